The fourth-order valence-corrected chi connectivity index (χ4v) is 9.46. The van der Waals surface area contributed by atoms with E-state index in [1.807, 2.05) is 0 Å². The van der Waals surface area contributed by atoms with Gasteiger partial charge in [0.1, 0.15) is 0 Å². The lowest BCUT2D eigenvalue weighted by atomic mass is 9.73. The maximum absolute atomic E-state index is 2.55. The Morgan fingerprint density at radius 1 is 0.373 bits per heavy atom. The van der Waals surface area contributed by atoms with E-state index < -0.39 is 0 Å². The van der Waals surface area contributed by atoms with E-state index in [4.69, 9.17) is 0 Å². The first-order valence-electron chi connectivity index (χ1n) is 20.5. The molecule has 11 rings (SSSR count). The monoisotopic (exact) mass is 754 g/mol. The minimum absolute atomic E-state index is 0.221. The van der Waals surface area contributed by atoms with E-state index in [0.717, 1.165) is 22.6 Å². The van der Waals surface area contributed by atoms with Gasteiger partial charge in [0, 0.05) is 33.1 Å². The van der Waals surface area contributed by atoms with Gasteiger partial charge in [-0.15, -0.1) is 0 Å². The second-order valence-electron chi connectivity index (χ2n) is 16.2. The summed E-state index contributed by atoms with van der Waals surface area (Å²) in [6, 6.07) is 80.1. The summed E-state index contributed by atoms with van der Waals surface area (Å²) < 4.78 is 0. The van der Waals surface area contributed by atoms with Crippen molar-refractivity contribution in [2.45, 2.75) is 19.3 Å². The third-order valence-corrected chi connectivity index (χ3v) is 12.4. The Bertz CT molecular complexity index is 3210. The molecule has 10 aromatic carbocycles. The zero-order chi connectivity index (χ0) is 39.5. The maximum Gasteiger partial charge on any atom is 0.0618 e. The molecular weight excluding hydrogens is 713 g/mol. The van der Waals surface area contributed by atoms with Crippen molar-refractivity contribution in [3.05, 3.63) is 230 Å². The first kappa shape index (κ1) is 34.8. The lowest BCUT2D eigenvalue weighted by molar-refractivity contribution is 0.632. The summed E-state index contributed by atoms with van der Waals surface area (Å²) in [5.41, 5.74) is 14.1. The molecule has 0 aliphatic carbocycles. The summed E-state index contributed by atoms with van der Waals surface area (Å²) in [6.07, 6.45) is 0. The van der Waals surface area contributed by atoms with Crippen LogP contribution in [-0.2, 0) is 5.41 Å². The first-order valence-corrected chi connectivity index (χ1v) is 20.5. The van der Waals surface area contributed by atoms with Gasteiger partial charge >= 0.3 is 0 Å². The summed E-state index contributed by atoms with van der Waals surface area (Å²) in [5.74, 6) is 0. The molecule has 10 aromatic rings. The molecule has 1 aliphatic heterocycles. The number of hydrogen-bond acceptors (Lipinski definition) is 2. The molecule has 0 unspecified atom stereocenters. The third kappa shape index (κ3) is 5.79. The first-order chi connectivity index (χ1) is 29.0. The predicted octanol–water partition coefficient (Wildman–Crippen LogP) is 16.1. The molecule has 0 atom stereocenters. The van der Waals surface area contributed by atoms with Crippen LogP contribution in [0.5, 0.6) is 0 Å². The minimum atomic E-state index is -0.221. The van der Waals surface area contributed by atoms with Gasteiger partial charge in [-0.2, -0.15) is 0 Å². The molecule has 0 aromatic heterocycles. The van der Waals surface area contributed by atoms with Crippen LogP contribution in [0.4, 0.5) is 34.1 Å². The van der Waals surface area contributed by atoms with Crippen molar-refractivity contribution in [2.75, 3.05) is 9.80 Å². The molecule has 0 saturated carbocycles. The Hall–Kier alpha value is -7.42. The van der Waals surface area contributed by atoms with Gasteiger partial charge in [0.15, 0.2) is 0 Å². The molecule has 2 nitrogen and oxygen atoms in total. The zero-order valence-corrected chi connectivity index (χ0v) is 33.2. The summed E-state index contributed by atoms with van der Waals surface area (Å²) in [5, 5.41) is 7.32. The van der Waals surface area contributed by atoms with Gasteiger partial charge in [-0.1, -0.05) is 190 Å². The van der Waals surface area contributed by atoms with Crippen LogP contribution < -0.4 is 9.80 Å². The van der Waals surface area contributed by atoms with Crippen molar-refractivity contribution in [3.63, 3.8) is 0 Å². The average Bonchev–Trinajstić information content (AvgIpc) is 3.29. The Labute approximate surface area is 345 Å². The molecule has 0 saturated heterocycles. The average molecular weight is 755 g/mol. The van der Waals surface area contributed by atoms with Crippen molar-refractivity contribution in [1.82, 2.24) is 0 Å². The quantitative estimate of drug-likeness (QED) is 0.167. The van der Waals surface area contributed by atoms with E-state index in [-0.39, 0.29) is 5.41 Å². The van der Waals surface area contributed by atoms with Crippen LogP contribution in [0.2, 0.25) is 0 Å². The summed E-state index contributed by atoms with van der Waals surface area (Å²) in [6.45, 7) is 4.74. The SMILES string of the molecule is CC1(C)c2ccccc2N(c2c(-c3ccccc3)ccc3ccccc23)c2cc(-c3cccc(N(c4ccc5ccccc5c4)c4cccc5ccccc45)c3)ccc21. The number of rotatable bonds is 6. The zero-order valence-electron chi connectivity index (χ0n) is 33.2. The van der Waals surface area contributed by atoms with Crippen LogP contribution in [-0.4, -0.2) is 0 Å². The molecule has 1 aliphatic rings. The van der Waals surface area contributed by atoms with Crippen molar-refractivity contribution in [3.8, 4) is 22.3 Å². The predicted molar refractivity (Wildman–Crippen MR) is 251 cm³/mol. The van der Waals surface area contributed by atoms with Crippen LogP contribution in [0.3, 0.4) is 0 Å². The highest BCUT2D eigenvalue weighted by molar-refractivity contribution is 6.08. The van der Waals surface area contributed by atoms with Crippen LogP contribution in [0, 0.1) is 0 Å². The van der Waals surface area contributed by atoms with Gasteiger partial charge in [-0.05, 0) is 91.8 Å². The fourth-order valence-electron chi connectivity index (χ4n) is 9.46. The largest absolute Gasteiger partial charge is 0.310 e. The van der Waals surface area contributed by atoms with Gasteiger partial charge in [0.2, 0.25) is 0 Å². The topological polar surface area (TPSA) is 6.48 Å². The van der Waals surface area contributed by atoms with Crippen molar-refractivity contribution in [2.24, 2.45) is 0 Å². The molecule has 0 amide bonds. The van der Waals surface area contributed by atoms with E-state index in [2.05, 4.69) is 242 Å². The van der Waals surface area contributed by atoms with E-state index >= 15 is 0 Å². The number of benzene rings is 10. The summed E-state index contributed by atoms with van der Waals surface area (Å²) in [7, 11) is 0. The number of para-hydroxylation sites is 1. The van der Waals surface area contributed by atoms with Gasteiger partial charge < -0.3 is 9.80 Å². The van der Waals surface area contributed by atoms with E-state index in [1.165, 1.54) is 77.2 Å². The molecule has 0 bridgehead atoms. The lowest BCUT2D eigenvalue weighted by Crippen LogP contribution is -2.31. The molecule has 59 heavy (non-hydrogen) atoms. The Morgan fingerprint density at radius 2 is 0.966 bits per heavy atom. The molecule has 2 heteroatoms. The van der Waals surface area contributed by atoms with Crippen LogP contribution in [0.1, 0.15) is 25.0 Å². The fraction of sp³-hybridized carbons (Fsp3) is 0.0526. The second kappa shape index (κ2) is 13.9. The minimum Gasteiger partial charge on any atom is -0.310 e. The van der Waals surface area contributed by atoms with Gasteiger partial charge in [0.05, 0.1) is 22.7 Å². The van der Waals surface area contributed by atoms with E-state index in [0.29, 0.717) is 0 Å². The molecule has 280 valence electrons. The Kier molecular flexibility index (Phi) is 8.20. The molecule has 1 heterocycles. The Balaban J connectivity index is 1.13. The standard InChI is InChI=1S/C57H42N2/c1-57(2)51-27-12-13-28-54(51)59(56-49-26-11-9-20-42(49)31-34-50(56)41-17-4-3-5-18-41)55-38-45(32-35-52(55)57)44-23-14-24-46(37-44)58(47-33-30-39-16-6-7-21-43(39)36-47)53-29-15-22-40-19-8-10-25-48(40)53/h3-38H,1-2H3. The number of fused-ring (bicyclic) bond motifs is 5. The van der Waals surface area contributed by atoms with Crippen LogP contribution >= 0.6 is 0 Å². The Morgan fingerprint density at radius 3 is 1.81 bits per heavy atom. The highest BCUT2D eigenvalue weighted by Crippen LogP contribution is 2.55. The van der Waals surface area contributed by atoms with E-state index in [9.17, 15) is 0 Å². The smallest absolute Gasteiger partial charge is 0.0618 e. The van der Waals surface area contributed by atoms with Crippen molar-refractivity contribution >= 4 is 66.4 Å². The maximum atomic E-state index is 2.55. The third-order valence-electron chi connectivity index (χ3n) is 12.4. The summed E-state index contributed by atoms with van der Waals surface area (Å²) >= 11 is 0. The van der Waals surface area contributed by atoms with Gasteiger partial charge in [-0.25, -0.2) is 0 Å². The molecule has 0 fully saturated rings. The number of nitrogens with zero attached hydrogens (tertiary/aromatic N) is 2. The highest BCUT2D eigenvalue weighted by atomic mass is 15.2. The molecule has 0 spiro atoms. The van der Waals surface area contributed by atoms with Crippen molar-refractivity contribution in [1.29, 1.82) is 0 Å². The summed E-state index contributed by atoms with van der Waals surface area (Å²) in [4.78, 5) is 4.97. The van der Waals surface area contributed by atoms with Crippen molar-refractivity contribution < 1.29 is 0 Å². The lowest BCUT2D eigenvalue weighted by Gasteiger charge is -2.43. The normalized spacial score (nSPS) is 13.0. The number of anilines is 6. The molecule has 0 radical (unpaired) electrons. The van der Waals surface area contributed by atoms with Gasteiger partial charge in [-0.3, -0.25) is 0 Å². The van der Waals surface area contributed by atoms with E-state index in [1.54, 1.807) is 0 Å². The van der Waals surface area contributed by atoms with Gasteiger partial charge in [0.25, 0.3) is 0 Å². The number of hydrogen-bond donors (Lipinski definition) is 0. The second-order valence-corrected chi connectivity index (χ2v) is 16.2. The van der Waals surface area contributed by atoms with Crippen LogP contribution in [0.15, 0.2) is 218 Å². The molecule has 0 N–H and O–H groups in total. The van der Waals surface area contributed by atoms with Crippen LogP contribution in [0.25, 0.3) is 54.6 Å². The highest BCUT2D eigenvalue weighted by Gasteiger charge is 2.38. The molecular formula is C57H42N2.